The highest BCUT2D eigenvalue weighted by Gasteiger charge is 2.11. The van der Waals surface area contributed by atoms with Crippen molar-refractivity contribution in [3.8, 4) is 17.2 Å². The molecule has 3 N–H and O–H groups in total. The number of methoxy groups -OCH3 is 2. The SMILES string of the molecule is COc1ccc(C(=O)NCC(=O)NN=Cc2cc(Br)ccc2O)cc1OC. The van der Waals surface area contributed by atoms with Crippen LogP contribution in [0.1, 0.15) is 15.9 Å². The first kappa shape index (κ1) is 20.2. The number of phenolic OH excluding ortho intramolecular Hbond substituents is 1. The van der Waals surface area contributed by atoms with E-state index in [-0.39, 0.29) is 12.3 Å². The number of nitrogens with one attached hydrogen (secondary N) is 2. The fourth-order valence-electron chi connectivity index (χ4n) is 2.08. The number of carbonyl (C=O) groups excluding carboxylic acids is 2. The molecule has 0 fully saturated rings. The van der Waals surface area contributed by atoms with Gasteiger partial charge < -0.3 is 19.9 Å². The maximum Gasteiger partial charge on any atom is 0.259 e. The quantitative estimate of drug-likeness (QED) is 0.455. The van der Waals surface area contributed by atoms with Gasteiger partial charge in [0.25, 0.3) is 11.8 Å². The summed E-state index contributed by atoms with van der Waals surface area (Å²) in [5.41, 5.74) is 3.02. The predicted molar refractivity (Wildman–Crippen MR) is 103 cm³/mol. The van der Waals surface area contributed by atoms with Crippen LogP contribution in [0.15, 0.2) is 46.0 Å². The minimum Gasteiger partial charge on any atom is -0.507 e. The number of carbonyl (C=O) groups is 2. The number of rotatable bonds is 7. The van der Waals surface area contributed by atoms with Crippen LogP contribution in [0.3, 0.4) is 0 Å². The van der Waals surface area contributed by atoms with E-state index in [9.17, 15) is 14.7 Å². The van der Waals surface area contributed by atoms with Crippen molar-refractivity contribution in [2.24, 2.45) is 5.10 Å². The van der Waals surface area contributed by atoms with Crippen molar-refractivity contribution in [3.05, 3.63) is 52.0 Å². The molecule has 0 aliphatic carbocycles. The number of amides is 2. The summed E-state index contributed by atoms with van der Waals surface area (Å²) in [5.74, 6) is -0.0304. The van der Waals surface area contributed by atoms with Gasteiger partial charge in [0, 0.05) is 15.6 Å². The Morgan fingerprint density at radius 1 is 1.15 bits per heavy atom. The van der Waals surface area contributed by atoms with Gasteiger partial charge in [0.1, 0.15) is 5.75 Å². The Labute approximate surface area is 164 Å². The molecule has 0 radical (unpaired) electrons. The van der Waals surface area contributed by atoms with Gasteiger partial charge in [-0.05, 0) is 36.4 Å². The molecule has 0 aliphatic rings. The van der Waals surface area contributed by atoms with Crippen LogP contribution < -0.4 is 20.2 Å². The number of benzene rings is 2. The van der Waals surface area contributed by atoms with Gasteiger partial charge in [-0.2, -0.15) is 5.10 Å². The maximum absolute atomic E-state index is 12.1. The lowest BCUT2D eigenvalue weighted by atomic mass is 10.2. The summed E-state index contributed by atoms with van der Waals surface area (Å²) in [7, 11) is 2.96. The zero-order valence-electron chi connectivity index (χ0n) is 14.7. The molecule has 0 saturated heterocycles. The summed E-state index contributed by atoms with van der Waals surface area (Å²) >= 11 is 3.27. The fraction of sp³-hybridized carbons (Fsp3) is 0.167. The molecule has 142 valence electrons. The van der Waals surface area contributed by atoms with Gasteiger partial charge in [0.05, 0.1) is 27.0 Å². The fourth-order valence-corrected chi connectivity index (χ4v) is 2.46. The molecule has 0 bridgehead atoms. The number of nitrogens with zero attached hydrogens (tertiary/aromatic N) is 1. The maximum atomic E-state index is 12.1. The average Bonchev–Trinajstić information content (AvgIpc) is 2.68. The number of ether oxygens (including phenoxy) is 2. The van der Waals surface area contributed by atoms with Gasteiger partial charge in [0.15, 0.2) is 11.5 Å². The molecule has 9 heteroatoms. The molecular weight excluding hydrogens is 418 g/mol. The molecule has 2 aromatic carbocycles. The Bertz CT molecular complexity index is 870. The third-order valence-corrected chi connectivity index (χ3v) is 3.93. The van der Waals surface area contributed by atoms with E-state index in [1.54, 1.807) is 24.3 Å². The van der Waals surface area contributed by atoms with E-state index in [4.69, 9.17) is 9.47 Å². The topological polar surface area (TPSA) is 109 Å². The number of halogens is 1. The van der Waals surface area contributed by atoms with Gasteiger partial charge >= 0.3 is 0 Å². The monoisotopic (exact) mass is 435 g/mol. The van der Waals surface area contributed by atoms with Crippen LogP contribution in [-0.2, 0) is 4.79 Å². The molecule has 2 amide bonds. The van der Waals surface area contributed by atoms with E-state index < -0.39 is 11.8 Å². The molecule has 0 spiro atoms. The van der Waals surface area contributed by atoms with Crippen molar-refractivity contribution in [2.75, 3.05) is 20.8 Å². The third kappa shape index (κ3) is 5.71. The van der Waals surface area contributed by atoms with Gasteiger partial charge in [-0.25, -0.2) is 5.43 Å². The lowest BCUT2D eigenvalue weighted by Gasteiger charge is -2.09. The number of hydrogen-bond acceptors (Lipinski definition) is 6. The highest BCUT2D eigenvalue weighted by atomic mass is 79.9. The Hall–Kier alpha value is -3.07. The van der Waals surface area contributed by atoms with Crippen molar-refractivity contribution in [3.63, 3.8) is 0 Å². The predicted octanol–water partition coefficient (Wildman–Crippen LogP) is 2.05. The lowest BCUT2D eigenvalue weighted by molar-refractivity contribution is -0.120. The molecule has 0 unspecified atom stereocenters. The van der Waals surface area contributed by atoms with Crippen LogP contribution in [0, 0.1) is 0 Å². The summed E-state index contributed by atoms with van der Waals surface area (Å²) in [4.78, 5) is 23.9. The van der Waals surface area contributed by atoms with Crippen molar-refractivity contribution in [2.45, 2.75) is 0 Å². The smallest absolute Gasteiger partial charge is 0.259 e. The second-order valence-electron chi connectivity index (χ2n) is 5.25. The van der Waals surface area contributed by atoms with E-state index >= 15 is 0 Å². The summed E-state index contributed by atoms with van der Waals surface area (Å²) in [6, 6.07) is 9.49. The molecule has 27 heavy (non-hydrogen) atoms. The number of phenols is 1. The van der Waals surface area contributed by atoms with Crippen LogP contribution in [0.4, 0.5) is 0 Å². The molecule has 0 saturated carbocycles. The summed E-state index contributed by atoms with van der Waals surface area (Å²) in [5, 5.41) is 15.9. The van der Waals surface area contributed by atoms with Crippen LogP contribution in [-0.4, -0.2) is 43.9 Å². The molecule has 8 nitrogen and oxygen atoms in total. The van der Waals surface area contributed by atoms with Crippen molar-refractivity contribution < 1.29 is 24.2 Å². The summed E-state index contributed by atoms with van der Waals surface area (Å²) < 4.78 is 11.0. The molecule has 2 aromatic rings. The van der Waals surface area contributed by atoms with Crippen LogP contribution in [0.5, 0.6) is 17.2 Å². The highest BCUT2D eigenvalue weighted by molar-refractivity contribution is 9.10. The van der Waals surface area contributed by atoms with Crippen molar-refractivity contribution in [1.29, 1.82) is 0 Å². The first-order chi connectivity index (χ1) is 12.9. The van der Waals surface area contributed by atoms with Crippen LogP contribution in [0.25, 0.3) is 0 Å². The normalized spacial score (nSPS) is 10.5. The Balaban J connectivity index is 1.89. The molecule has 0 heterocycles. The Morgan fingerprint density at radius 3 is 2.59 bits per heavy atom. The lowest BCUT2D eigenvalue weighted by Crippen LogP contribution is -2.34. The van der Waals surface area contributed by atoms with Crippen LogP contribution in [0.2, 0.25) is 0 Å². The Kier molecular flexibility index (Phi) is 7.18. The van der Waals surface area contributed by atoms with Gasteiger partial charge in [-0.3, -0.25) is 9.59 Å². The molecule has 0 aliphatic heterocycles. The zero-order valence-corrected chi connectivity index (χ0v) is 16.2. The van der Waals surface area contributed by atoms with E-state index in [0.717, 1.165) is 4.47 Å². The largest absolute Gasteiger partial charge is 0.507 e. The van der Waals surface area contributed by atoms with Crippen molar-refractivity contribution in [1.82, 2.24) is 10.7 Å². The molecule has 2 rings (SSSR count). The first-order valence-corrected chi connectivity index (χ1v) is 8.54. The number of hydrogen-bond donors (Lipinski definition) is 3. The second kappa shape index (κ2) is 9.58. The standard InChI is InChI=1S/C18H18BrN3O5/c1-26-15-6-3-11(8-16(15)27-2)18(25)20-10-17(24)22-21-9-12-7-13(19)4-5-14(12)23/h3-9,23H,10H2,1-2H3,(H,20,25)(H,22,24). The third-order valence-electron chi connectivity index (χ3n) is 3.44. The zero-order chi connectivity index (χ0) is 19.8. The number of hydrazone groups is 1. The summed E-state index contributed by atoms with van der Waals surface area (Å²) in [6.45, 7) is -0.269. The van der Waals surface area contributed by atoms with E-state index in [1.165, 1.54) is 32.6 Å². The molecular formula is C18H18BrN3O5. The van der Waals surface area contributed by atoms with Gasteiger partial charge in [-0.1, -0.05) is 15.9 Å². The molecule has 0 aromatic heterocycles. The van der Waals surface area contributed by atoms with E-state index in [0.29, 0.717) is 22.6 Å². The van der Waals surface area contributed by atoms with E-state index in [2.05, 4.69) is 31.8 Å². The minimum absolute atomic E-state index is 0.0259. The Morgan fingerprint density at radius 2 is 1.89 bits per heavy atom. The summed E-state index contributed by atoms with van der Waals surface area (Å²) in [6.07, 6.45) is 1.30. The van der Waals surface area contributed by atoms with Crippen LogP contribution >= 0.6 is 15.9 Å². The first-order valence-electron chi connectivity index (χ1n) is 7.75. The average molecular weight is 436 g/mol. The van der Waals surface area contributed by atoms with E-state index in [1.807, 2.05) is 0 Å². The van der Waals surface area contributed by atoms with Gasteiger partial charge in [-0.15, -0.1) is 0 Å². The van der Waals surface area contributed by atoms with Gasteiger partial charge in [0.2, 0.25) is 0 Å². The minimum atomic E-state index is -0.519. The van der Waals surface area contributed by atoms with Crippen molar-refractivity contribution >= 4 is 34.0 Å². The second-order valence-corrected chi connectivity index (χ2v) is 6.16. The molecule has 0 atom stereocenters. The highest BCUT2D eigenvalue weighted by Crippen LogP contribution is 2.27. The number of aromatic hydroxyl groups is 1.